The Balaban J connectivity index is 3.10. The molecule has 1 aromatic carbocycles. The van der Waals surface area contributed by atoms with Crippen molar-refractivity contribution in [3.05, 3.63) is 28.2 Å². The summed E-state index contributed by atoms with van der Waals surface area (Å²) in [5.74, 6) is 1.48. The molecule has 1 unspecified atom stereocenters. The highest BCUT2D eigenvalue weighted by molar-refractivity contribution is 9.10. The van der Waals surface area contributed by atoms with Crippen LogP contribution in [0.3, 0.4) is 0 Å². The number of halogens is 1. The summed E-state index contributed by atoms with van der Waals surface area (Å²) in [4.78, 5) is 0. The molecule has 1 atom stereocenters. The molecule has 0 spiro atoms. The summed E-state index contributed by atoms with van der Waals surface area (Å²) in [5.41, 5.74) is 1.22. The van der Waals surface area contributed by atoms with Gasteiger partial charge in [0, 0.05) is 16.1 Å². The van der Waals surface area contributed by atoms with E-state index in [0.717, 1.165) is 16.8 Å². The van der Waals surface area contributed by atoms with Crippen LogP contribution in [0, 0.1) is 5.92 Å². The van der Waals surface area contributed by atoms with Crippen molar-refractivity contribution < 1.29 is 4.74 Å². The van der Waals surface area contributed by atoms with E-state index in [4.69, 9.17) is 4.74 Å². The largest absolute Gasteiger partial charge is 0.496 e. The quantitative estimate of drug-likeness (QED) is 0.889. The van der Waals surface area contributed by atoms with Gasteiger partial charge in [-0.3, -0.25) is 0 Å². The van der Waals surface area contributed by atoms with Crippen molar-refractivity contribution in [1.82, 2.24) is 5.32 Å². The van der Waals surface area contributed by atoms with Gasteiger partial charge in [0.1, 0.15) is 5.75 Å². The molecule has 0 aliphatic carbocycles. The lowest BCUT2D eigenvalue weighted by atomic mass is 9.95. The Labute approximate surface area is 107 Å². The van der Waals surface area contributed by atoms with Crippen molar-refractivity contribution in [1.29, 1.82) is 0 Å². The van der Waals surface area contributed by atoms with Crippen LogP contribution in [0.4, 0.5) is 0 Å². The summed E-state index contributed by atoms with van der Waals surface area (Å²) in [6.45, 7) is 7.51. The van der Waals surface area contributed by atoms with E-state index in [0.29, 0.717) is 12.0 Å². The van der Waals surface area contributed by atoms with Gasteiger partial charge in [-0.2, -0.15) is 0 Å². The van der Waals surface area contributed by atoms with Crippen molar-refractivity contribution in [3.8, 4) is 5.75 Å². The van der Waals surface area contributed by atoms with Gasteiger partial charge >= 0.3 is 0 Å². The molecular formula is C13H20BrNO. The maximum Gasteiger partial charge on any atom is 0.123 e. The Morgan fingerprint density at radius 2 is 2.06 bits per heavy atom. The second-order valence-electron chi connectivity index (χ2n) is 4.17. The van der Waals surface area contributed by atoms with Crippen LogP contribution in [-0.4, -0.2) is 13.7 Å². The normalized spacial score (nSPS) is 12.9. The summed E-state index contributed by atoms with van der Waals surface area (Å²) in [6, 6.07) is 6.47. The number of rotatable bonds is 5. The summed E-state index contributed by atoms with van der Waals surface area (Å²) >= 11 is 3.51. The molecule has 0 radical (unpaired) electrons. The molecule has 1 N–H and O–H groups in total. The zero-order valence-electron chi connectivity index (χ0n) is 10.4. The fraction of sp³-hybridized carbons (Fsp3) is 0.538. The Morgan fingerprint density at radius 1 is 1.38 bits per heavy atom. The number of nitrogens with one attached hydrogen (secondary N) is 1. The molecule has 16 heavy (non-hydrogen) atoms. The average Bonchev–Trinajstić information content (AvgIpc) is 2.25. The fourth-order valence-corrected chi connectivity index (χ4v) is 2.25. The van der Waals surface area contributed by atoms with Crippen molar-refractivity contribution >= 4 is 15.9 Å². The molecule has 0 amide bonds. The number of hydrogen-bond donors (Lipinski definition) is 1. The Morgan fingerprint density at radius 3 is 2.56 bits per heavy atom. The van der Waals surface area contributed by atoms with Crippen LogP contribution in [0.25, 0.3) is 0 Å². The first-order valence-electron chi connectivity index (χ1n) is 5.67. The van der Waals surface area contributed by atoms with Crippen LogP contribution in [0.5, 0.6) is 5.75 Å². The first-order chi connectivity index (χ1) is 7.60. The average molecular weight is 286 g/mol. The summed E-state index contributed by atoms with van der Waals surface area (Å²) < 4.78 is 6.51. The predicted molar refractivity (Wildman–Crippen MR) is 71.9 cm³/mol. The molecule has 1 rings (SSSR count). The van der Waals surface area contributed by atoms with Gasteiger partial charge in [-0.15, -0.1) is 0 Å². The van der Waals surface area contributed by atoms with Gasteiger partial charge in [0.25, 0.3) is 0 Å². The molecule has 2 nitrogen and oxygen atoms in total. The first kappa shape index (κ1) is 13.5. The van der Waals surface area contributed by atoms with Gasteiger partial charge in [0.2, 0.25) is 0 Å². The van der Waals surface area contributed by atoms with Crippen LogP contribution in [0.15, 0.2) is 22.7 Å². The van der Waals surface area contributed by atoms with Crippen LogP contribution < -0.4 is 10.1 Å². The maximum atomic E-state index is 5.42. The van der Waals surface area contributed by atoms with E-state index in [-0.39, 0.29) is 0 Å². The zero-order chi connectivity index (χ0) is 12.1. The molecule has 1 aromatic rings. The molecule has 0 aliphatic heterocycles. The Kier molecular flexibility index (Phi) is 5.29. The van der Waals surface area contributed by atoms with Gasteiger partial charge in [-0.05, 0) is 30.7 Å². The van der Waals surface area contributed by atoms with Crippen LogP contribution in [-0.2, 0) is 0 Å². The molecule has 0 bridgehead atoms. The molecule has 0 fully saturated rings. The van der Waals surface area contributed by atoms with E-state index in [9.17, 15) is 0 Å². The van der Waals surface area contributed by atoms with E-state index in [1.807, 2.05) is 12.1 Å². The van der Waals surface area contributed by atoms with Crippen molar-refractivity contribution in [2.24, 2.45) is 5.92 Å². The monoisotopic (exact) mass is 285 g/mol. The lowest BCUT2D eigenvalue weighted by Crippen LogP contribution is -2.25. The van der Waals surface area contributed by atoms with E-state index >= 15 is 0 Å². The van der Waals surface area contributed by atoms with Crippen molar-refractivity contribution in [2.45, 2.75) is 26.8 Å². The predicted octanol–water partition coefficient (Wildman–Crippen LogP) is 3.76. The van der Waals surface area contributed by atoms with Crippen molar-refractivity contribution in [2.75, 3.05) is 13.7 Å². The number of methoxy groups -OCH3 is 1. The number of hydrogen-bond acceptors (Lipinski definition) is 2. The highest BCUT2D eigenvalue weighted by atomic mass is 79.9. The topological polar surface area (TPSA) is 21.3 Å². The Bertz CT molecular complexity index is 339. The van der Waals surface area contributed by atoms with Gasteiger partial charge in [-0.1, -0.05) is 36.7 Å². The van der Waals surface area contributed by atoms with Crippen LogP contribution in [0.1, 0.15) is 32.4 Å². The van der Waals surface area contributed by atoms with Gasteiger partial charge in [0.05, 0.1) is 7.11 Å². The molecule has 0 heterocycles. The number of ether oxygens (including phenoxy) is 1. The Hall–Kier alpha value is -0.540. The summed E-state index contributed by atoms with van der Waals surface area (Å²) in [7, 11) is 1.72. The third-order valence-corrected chi connectivity index (χ3v) is 3.11. The first-order valence-corrected chi connectivity index (χ1v) is 6.46. The third kappa shape index (κ3) is 3.22. The lowest BCUT2D eigenvalue weighted by Gasteiger charge is -2.24. The fourth-order valence-electron chi connectivity index (χ4n) is 1.87. The number of benzene rings is 1. The van der Waals surface area contributed by atoms with E-state index in [1.54, 1.807) is 7.11 Å². The van der Waals surface area contributed by atoms with Gasteiger partial charge < -0.3 is 10.1 Å². The third-order valence-electron chi connectivity index (χ3n) is 2.62. The standard InChI is InChI=1S/C13H20BrNO/c1-5-15-13(9(2)3)11-8-10(14)6-7-12(11)16-4/h6-9,13,15H,5H2,1-4H3. The SMILES string of the molecule is CCNC(c1cc(Br)ccc1OC)C(C)C. The van der Waals surface area contributed by atoms with E-state index in [2.05, 4.69) is 48.1 Å². The summed E-state index contributed by atoms with van der Waals surface area (Å²) in [5, 5.41) is 3.50. The molecule has 90 valence electrons. The van der Waals surface area contributed by atoms with Crippen LogP contribution in [0.2, 0.25) is 0 Å². The minimum absolute atomic E-state index is 0.331. The second-order valence-corrected chi connectivity index (χ2v) is 5.08. The van der Waals surface area contributed by atoms with Gasteiger partial charge in [-0.25, -0.2) is 0 Å². The molecule has 0 saturated heterocycles. The summed E-state index contributed by atoms with van der Waals surface area (Å²) in [6.07, 6.45) is 0. The highest BCUT2D eigenvalue weighted by Crippen LogP contribution is 2.32. The zero-order valence-corrected chi connectivity index (χ0v) is 12.0. The minimum atomic E-state index is 0.331. The van der Waals surface area contributed by atoms with E-state index < -0.39 is 0 Å². The lowest BCUT2D eigenvalue weighted by molar-refractivity contribution is 0.374. The highest BCUT2D eigenvalue weighted by Gasteiger charge is 2.18. The molecule has 0 aliphatic rings. The minimum Gasteiger partial charge on any atom is -0.496 e. The molecular weight excluding hydrogens is 266 g/mol. The molecule has 0 aromatic heterocycles. The maximum absolute atomic E-state index is 5.42. The van der Waals surface area contributed by atoms with Crippen LogP contribution >= 0.6 is 15.9 Å². The van der Waals surface area contributed by atoms with E-state index in [1.165, 1.54) is 5.56 Å². The van der Waals surface area contributed by atoms with Crippen molar-refractivity contribution in [3.63, 3.8) is 0 Å². The molecule has 3 heteroatoms. The molecule has 0 saturated carbocycles. The smallest absolute Gasteiger partial charge is 0.123 e. The second kappa shape index (κ2) is 6.26. The van der Waals surface area contributed by atoms with Gasteiger partial charge in [0.15, 0.2) is 0 Å².